The highest BCUT2D eigenvalue weighted by Gasteiger charge is 2.28. The van der Waals surface area contributed by atoms with Gasteiger partial charge in [0.05, 0.1) is 12.5 Å². The first kappa shape index (κ1) is 26.7. The van der Waals surface area contributed by atoms with Crippen molar-refractivity contribution in [2.24, 2.45) is 5.92 Å². The molecule has 1 aliphatic heterocycles. The van der Waals surface area contributed by atoms with Crippen LogP contribution in [0.5, 0.6) is 0 Å². The van der Waals surface area contributed by atoms with Crippen LogP contribution in [0.2, 0.25) is 5.02 Å². The fourth-order valence-electron chi connectivity index (χ4n) is 3.69. The van der Waals surface area contributed by atoms with E-state index in [9.17, 15) is 19.2 Å². The maximum absolute atomic E-state index is 13.0. The van der Waals surface area contributed by atoms with Gasteiger partial charge < -0.3 is 25.8 Å². The largest absolute Gasteiger partial charge is 0.465 e. The normalized spacial score (nSPS) is 20.8. The number of rotatable bonds is 6. The lowest BCUT2D eigenvalue weighted by Crippen LogP contribution is -2.43. The first-order valence-corrected chi connectivity index (χ1v) is 11.9. The summed E-state index contributed by atoms with van der Waals surface area (Å²) in [7, 11) is 0. The number of allylic oxidation sites excluding steroid dienone is 1. The van der Waals surface area contributed by atoms with Crippen LogP contribution in [-0.4, -0.2) is 41.6 Å². The number of carbonyl (C=O) groups excluding carboxylic acids is 3. The predicted molar refractivity (Wildman–Crippen MR) is 133 cm³/mol. The van der Waals surface area contributed by atoms with Crippen LogP contribution in [-0.2, 0) is 25.7 Å². The molecule has 0 aromatic heterocycles. The predicted octanol–water partition coefficient (Wildman–Crippen LogP) is 3.35. The Morgan fingerprint density at radius 1 is 1.03 bits per heavy atom. The van der Waals surface area contributed by atoms with Crippen molar-refractivity contribution in [1.29, 1.82) is 0 Å². The average Bonchev–Trinajstić information content (AvgIpc) is 2.86. The maximum Gasteiger partial charge on any atom is 0.405 e. The van der Waals surface area contributed by atoms with E-state index in [4.69, 9.17) is 21.4 Å². The number of nitrogens with one attached hydrogen (secondary N) is 3. The van der Waals surface area contributed by atoms with Crippen LogP contribution in [0.25, 0.3) is 0 Å². The van der Waals surface area contributed by atoms with Gasteiger partial charge in [0.15, 0.2) is 0 Å². The Balaban J connectivity index is 1.72. The number of amides is 3. The van der Waals surface area contributed by atoms with Crippen molar-refractivity contribution in [3.05, 3.63) is 82.9 Å². The smallest absolute Gasteiger partial charge is 0.405 e. The summed E-state index contributed by atoms with van der Waals surface area (Å²) in [6.07, 6.45) is 1.33. The van der Waals surface area contributed by atoms with E-state index in [0.717, 1.165) is 5.56 Å². The van der Waals surface area contributed by atoms with Crippen molar-refractivity contribution in [3.8, 4) is 0 Å². The molecular weight excluding hydrogens is 486 g/mol. The Bertz CT molecular complexity index is 1090. The Labute approximate surface area is 213 Å². The van der Waals surface area contributed by atoms with E-state index in [1.165, 1.54) is 0 Å². The Hall–Kier alpha value is -3.85. The van der Waals surface area contributed by atoms with Crippen molar-refractivity contribution >= 4 is 35.5 Å². The van der Waals surface area contributed by atoms with Crippen molar-refractivity contribution in [2.75, 3.05) is 6.54 Å². The number of carboxylic acid groups (broad SMARTS) is 1. The third kappa shape index (κ3) is 8.42. The van der Waals surface area contributed by atoms with Crippen molar-refractivity contribution < 1.29 is 29.0 Å². The molecule has 0 fully saturated rings. The number of hydrogen-bond acceptors (Lipinski definition) is 5. The molecule has 1 heterocycles. The third-order valence-electron chi connectivity index (χ3n) is 5.64. The molecule has 3 amide bonds. The van der Waals surface area contributed by atoms with Crippen LogP contribution in [0.3, 0.4) is 0 Å². The molecule has 0 saturated heterocycles. The molecule has 1 aliphatic rings. The van der Waals surface area contributed by atoms with Crippen molar-refractivity contribution in [1.82, 2.24) is 16.0 Å². The number of benzene rings is 2. The van der Waals surface area contributed by atoms with Gasteiger partial charge in [-0.15, -0.1) is 0 Å². The molecule has 0 saturated carbocycles. The van der Waals surface area contributed by atoms with E-state index in [2.05, 4.69) is 16.0 Å². The van der Waals surface area contributed by atoms with Gasteiger partial charge in [0.25, 0.3) is 0 Å². The molecule has 0 unspecified atom stereocenters. The fraction of sp³-hybridized carbons (Fsp3) is 0.308. The van der Waals surface area contributed by atoms with Gasteiger partial charge in [-0.3, -0.25) is 9.59 Å². The fourth-order valence-corrected chi connectivity index (χ4v) is 3.82. The molecule has 4 N–H and O–H groups in total. The molecule has 2 aromatic rings. The van der Waals surface area contributed by atoms with Crippen LogP contribution in [0.1, 0.15) is 36.5 Å². The Kier molecular flexibility index (Phi) is 9.88. The number of halogens is 1. The zero-order valence-corrected chi connectivity index (χ0v) is 20.2. The van der Waals surface area contributed by atoms with E-state index in [0.29, 0.717) is 17.1 Å². The summed E-state index contributed by atoms with van der Waals surface area (Å²) < 4.78 is 5.58. The van der Waals surface area contributed by atoms with E-state index < -0.39 is 30.1 Å². The molecule has 3 rings (SSSR count). The van der Waals surface area contributed by atoms with Gasteiger partial charge in [0.1, 0.15) is 12.1 Å². The second kappa shape index (κ2) is 13.3. The maximum atomic E-state index is 13.0. The molecule has 2 aromatic carbocycles. The van der Waals surface area contributed by atoms with Crippen molar-refractivity contribution in [3.63, 3.8) is 0 Å². The van der Waals surface area contributed by atoms with Crippen LogP contribution < -0.4 is 16.0 Å². The van der Waals surface area contributed by atoms with Crippen molar-refractivity contribution in [2.45, 2.75) is 38.0 Å². The summed E-state index contributed by atoms with van der Waals surface area (Å²) in [5, 5.41) is 17.5. The molecule has 0 spiro atoms. The second-order valence-electron chi connectivity index (χ2n) is 8.33. The summed E-state index contributed by atoms with van der Waals surface area (Å²) >= 11 is 5.89. The number of carbonyl (C=O) groups is 4. The summed E-state index contributed by atoms with van der Waals surface area (Å²) in [4.78, 5) is 49.4. The Morgan fingerprint density at radius 2 is 1.72 bits per heavy atom. The molecular formula is C26H28ClN3O6. The highest BCUT2D eigenvalue weighted by atomic mass is 35.5. The van der Waals surface area contributed by atoms with Gasteiger partial charge in [-0.05, 0) is 36.1 Å². The summed E-state index contributed by atoms with van der Waals surface area (Å²) in [5.41, 5.74) is 1.52. The number of hydrogen-bond donors (Lipinski definition) is 4. The van der Waals surface area contributed by atoms with Gasteiger partial charge in [0.2, 0.25) is 11.8 Å². The minimum Gasteiger partial charge on any atom is -0.465 e. The van der Waals surface area contributed by atoms with E-state index >= 15 is 0 Å². The van der Waals surface area contributed by atoms with Gasteiger partial charge >= 0.3 is 12.1 Å². The lowest BCUT2D eigenvalue weighted by atomic mass is 9.98. The molecule has 0 bridgehead atoms. The standard InChI is InChI=1S/C26H28ClN3O6/c27-20-12-10-17(11-13-20)15-28-23(31)14-19-8-4-5-9-21(30-26(34)35)25(33)36-22(16-29-24(19)32)18-6-2-1-3-7-18/h1-7,10-13,19,21-22,30H,8-9,14-16H2,(H,28,31)(H,29,32)(H,34,35)/t19-,21-,22-/m0/s1. The van der Waals surface area contributed by atoms with Crippen LogP contribution in [0.4, 0.5) is 4.79 Å². The van der Waals surface area contributed by atoms with Crippen LogP contribution >= 0.6 is 11.6 Å². The van der Waals surface area contributed by atoms with Crippen LogP contribution in [0, 0.1) is 5.92 Å². The second-order valence-corrected chi connectivity index (χ2v) is 8.77. The van der Waals surface area contributed by atoms with E-state index in [-0.39, 0.29) is 37.6 Å². The minimum absolute atomic E-state index is 0.0268. The monoisotopic (exact) mass is 513 g/mol. The summed E-state index contributed by atoms with van der Waals surface area (Å²) in [6, 6.07) is 14.8. The summed E-state index contributed by atoms with van der Waals surface area (Å²) in [5.74, 6) is -2.05. The third-order valence-corrected chi connectivity index (χ3v) is 5.89. The molecule has 0 radical (unpaired) electrons. The first-order valence-electron chi connectivity index (χ1n) is 11.5. The topological polar surface area (TPSA) is 134 Å². The van der Waals surface area contributed by atoms with Gasteiger partial charge in [-0.25, -0.2) is 9.59 Å². The van der Waals surface area contributed by atoms with Crippen LogP contribution in [0.15, 0.2) is 66.7 Å². The zero-order chi connectivity index (χ0) is 25.9. The number of cyclic esters (lactones) is 1. The highest BCUT2D eigenvalue weighted by molar-refractivity contribution is 6.30. The highest BCUT2D eigenvalue weighted by Crippen LogP contribution is 2.20. The van der Waals surface area contributed by atoms with E-state index in [1.54, 1.807) is 66.7 Å². The molecule has 0 aliphatic carbocycles. The van der Waals surface area contributed by atoms with Gasteiger partial charge in [-0.2, -0.15) is 0 Å². The summed E-state index contributed by atoms with van der Waals surface area (Å²) in [6.45, 7) is 0.274. The zero-order valence-electron chi connectivity index (χ0n) is 19.5. The average molecular weight is 514 g/mol. The van der Waals surface area contributed by atoms with E-state index in [1.807, 2.05) is 0 Å². The SMILES string of the molecule is O=C(O)N[C@H]1CC=CC[C@@H](CC(=O)NCc2ccc(Cl)cc2)C(=O)NC[C@@H](c2ccccc2)OC1=O. The quantitative estimate of drug-likeness (QED) is 0.346. The molecule has 3 atom stereocenters. The molecule has 10 heteroatoms. The lowest BCUT2D eigenvalue weighted by molar-refractivity contribution is -0.152. The molecule has 9 nitrogen and oxygen atoms in total. The van der Waals surface area contributed by atoms with Gasteiger partial charge in [-0.1, -0.05) is 66.2 Å². The lowest BCUT2D eigenvalue weighted by Gasteiger charge is -2.24. The minimum atomic E-state index is -1.35. The first-order chi connectivity index (χ1) is 17.3. The van der Waals surface area contributed by atoms with Gasteiger partial charge in [0, 0.05) is 18.0 Å². The number of esters is 1. The number of ether oxygens (including phenoxy) is 1. The Morgan fingerprint density at radius 3 is 2.42 bits per heavy atom. The molecule has 190 valence electrons. The molecule has 36 heavy (non-hydrogen) atoms.